The van der Waals surface area contributed by atoms with Gasteiger partial charge in [-0.05, 0) is 43.3 Å². The van der Waals surface area contributed by atoms with E-state index in [0.29, 0.717) is 12.2 Å². The number of aromatic nitrogens is 4. The number of anilines is 1. The van der Waals surface area contributed by atoms with Gasteiger partial charge in [0.15, 0.2) is 33.8 Å². The molecule has 0 saturated carbocycles. The Morgan fingerprint density at radius 3 is 2.73 bits per heavy atom. The molecule has 3 heterocycles. The number of imidazole rings is 1. The molecule has 2 aromatic heterocycles. The summed E-state index contributed by atoms with van der Waals surface area (Å²) >= 11 is 6.33. The maximum absolute atomic E-state index is 14.4. The number of hydrogen-bond donors (Lipinski definition) is 2. The Bertz CT molecular complexity index is 1940. The lowest BCUT2D eigenvalue weighted by atomic mass is 10.2. The summed E-state index contributed by atoms with van der Waals surface area (Å²) in [5.74, 6) is -1.28. The van der Waals surface area contributed by atoms with Crippen LogP contribution in [0.15, 0.2) is 58.9 Å². The molecule has 1 aliphatic heterocycles. The first kappa shape index (κ1) is 27.9. The second kappa shape index (κ2) is 11.1. The fourth-order valence-corrected chi connectivity index (χ4v) is 5.41. The lowest BCUT2D eigenvalue weighted by molar-refractivity contribution is 0.330. The molecule has 5 rings (SSSR count). The number of ether oxygens (including phenoxy) is 2. The summed E-state index contributed by atoms with van der Waals surface area (Å²) < 4.78 is 55.0. The Kier molecular flexibility index (Phi) is 7.53. The van der Waals surface area contributed by atoms with Gasteiger partial charge in [0.2, 0.25) is 15.9 Å². The zero-order valence-electron chi connectivity index (χ0n) is 21.9. The van der Waals surface area contributed by atoms with Gasteiger partial charge >= 0.3 is 0 Å². The highest BCUT2D eigenvalue weighted by molar-refractivity contribution is 7.91. The van der Waals surface area contributed by atoms with Gasteiger partial charge in [0.05, 0.1) is 25.5 Å². The number of rotatable bonds is 8. The molecule has 0 atom stereocenters. The summed E-state index contributed by atoms with van der Waals surface area (Å²) in [5, 5.41) is 10.6. The van der Waals surface area contributed by atoms with Crippen molar-refractivity contribution in [2.24, 2.45) is 4.99 Å². The molecule has 4 aromatic rings. The number of sulfonamides is 1. The maximum Gasteiger partial charge on any atom is 0.238 e. The number of methoxy groups -OCH3 is 1. The number of aromatic hydroxyl groups is 1. The van der Waals surface area contributed by atoms with Crippen molar-refractivity contribution in [3.8, 4) is 17.2 Å². The van der Waals surface area contributed by atoms with Gasteiger partial charge in [-0.1, -0.05) is 35.5 Å². The molecule has 0 unspecified atom stereocenters. The number of benzene rings is 2. The third kappa shape index (κ3) is 5.65. The predicted octanol–water partition coefficient (Wildman–Crippen LogP) is 4.67. The topological polar surface area (TPSA) is 141 Å². The van der Waals surface area contributed by atoms with Crippen LogP contribution in [0.25, 0.3) is 22.7 Å². The molecule has 11 nitrogen and oxygen atoms in total. The molecule has 41 heavy (non-hydrogen) atoms. The van der Waals surface area contributed by atoms with Crippen molar-refractivity contribution < 1.29 is 27.4 Å². The summed E-state index contributed by atoms with van der Waals surface area (Å²) in [6.45, 7) is 3.84. The Labute approximate surface area is 239 Å². The highest BCUT2D eigenvalue weighted by Gasteiger charge is 2.26. The molecule has 0 saturated heterocycles. The van der Waals surface area contributed by atoms with E-state index in [9.17, 15) is 17.9 Å². The van der Waals surface area contributed by atoms with Crippen molar-refractivity contribution in [3.05, 3.63) is 81.9 Å². The maximum atomic E-state index is 14.4. The number of hydrogen-bond acceptors (Lipinski definition) is 9. The van der Waals surface area contributed by atoms with Gasteiger partial charge in [-0.3, -0.25) is 9.29 Å². The minimum absolute atomic E-state index is 0.000143. The average Bonchev–Trinajstić information content (AvgIpc) is 3.28. The van der Waals surface area contributed by atoms with Crippen molar-refractivity contribution in [1.29, 1.82) is 0 Å². The second-order valence-corrected chi connectivity index (χ2v) is 10.8. The predicted molar refractivity (Wildman–Crippen MR) is 151 cm³/mol. The lowest BCUT2D eigenvalue weighted by Crippen LogP contribution is -2.17. The molecule has 210 valence electrons. The highest BCUT2D eigenvalue weighted by Crippen LogP contribution is 2.37. The van der Waals surface area contributed by atoms with E-state index < -0.39 is 21.6 Å². The minimum Gasteiger partial charge on any atom is -0.506 e. The first-order valence-corrected chi connectivity index (χ1v) is 14.1. The van der Waals surface area contributed by atoms with Crippen LogP contribution in [0.3, 0.4) is 0 Å². The van der Waals surface area contributed by atoms with Gasteiger partial charge in [0, 0.05) is 5.56 Å². The average molecular weight is 597 g/mol. The summed E-state index contributed by atoms with van der Waals surface area (Å²) in [6.07, 6.45) is 1.50. The summed E-state index contributed by atoms with van der Waals surface area (Å²) in [4.78, 5) is 17.6. The van der Waals surface area contributed by atoms with Crippen molar-refractivity contribution in [3.63, 3.8) is 0 Å². The number of aryl methyl sites for hydroxylation is 1. The lowest BCUT2D eigenvalue weighted by Gasteiger charge is -2.15. The number of aliphatic imine (C=N–C) groups is 1. The molecule has 0 fully saturated rings. The van der Waals surface area contributed by atoms with Gasteiger partial charge in [-0.25, -0.2) is 32.8 Å². The SMILES string of the molecule is CCOC1=NC(c2nc3nc(Cl)c(NS(=O)(=O)Cc4ccc(C)cc4F)nc3n2-c2c(O)cccc2OC)=C=C=C1. The van der Waals surface area contributed by atoms with Crippen LogP contribution >= 0.6 is 11.6 Å². The number of nitrogens with zero attached hydrogens (tertiary/aromatic N) is 5. The molecule has 0 radical (unpaired) electrons. The third-order valence-corrected chi connectivity index (χ3v) is 7.25. The van der Waals surface area contributed by atoms with Gasteiger partial charge in [-0.2, -0.15) is 0 Å². The van der Waals surface area contributed by atoms with Gasteiger partial charge in [-0.15, -0.1) is 0 Å². The van der Waals surface area contributed by atoms with E-state index in [2.05, 4.69) is 36.1 Å². The smallest absolute Gasteiger partial charge is 0.238 e. The van der Waals surface area contributed by atoms with Crippen molar-refractivity contribution in [2.45, 2.75) is 19.6 Å². The molecule has 0 bridgehead atoms. The zero-order chi connectivity index (χ0) is 29.3. The zero-order valence-corrected chi connectivity index (χ0v) is 23.5. The minimum atomic E-state index is -4.19. The van der Waals surface area contributed by atoms with Crippen LogP contribution in [0, 0.1) is 12.7 Å². The molecule has 1 aliphatic rings. The first-order valence-electron chi connectivity index (χ1n) is 12.1. The Morgan fingerprint density at radius 1 is 1.20 bits per heavy atom. The summed E-state index contributed by atoms with van der Waals surface area (Å²) in [6, 6.07) is 8.85. The second-order valence-electron chi connectivity index (χ2n) is 8.71. The van der Waals surface area contributed by atoms with E-state index in [1.165, 1.54) is 36.0 Å². The van der Waals surface area contributed by atoms with Crippen LogP contribution < -0.4 is 9.46 Å². The van der Waals surface area contributed by atoms with E-state index in [4.69, 9.17) is 21.1 Å². The Balaban J connectivity index is 1.68. The van der Waals surface area contributed by atoms with E-state index in [0.717, 1.165) is 0 Å². The van der Waals surface area contributed by atoms with Crippen LogP contribution in [0.4, 0.5) is 10.2 Å². The fraction of sp³-hybridized carbons (Fsp3) is 0.185. The first-order chi connectivity index (χ1) is 19.6. The number of nitrogens with one attached hydrogen (secondary N) is 1. The van der Waals surface area contributed by atoms with Crippen LogP contribution in [-0.2, 0) is 20.5 Å². The number of phenolic OH excluding ortho intramolecular Hbond substituents is 1. The van der Waals surface area contributed by atoms with E-state index >= 15 is 0 Å². The monoisotopic (exact) mass is 596 g/mol. The molecule has 0 spiro atoms. The number of halogens is 2. The standard InChI is InChI=1S/C27H22ClFN6O5S/c1-4-40-21-10-5-7-18(30-21)26-33-25-27(35(26)22-19(36)8-6-9-20(22)39-3)32-24(23(28)31-25)34-41(37,38)14-16-12-11-15(2)13-17(16)29/h6,8-13,36H,4,14H2,1-3H3,(H,32,34). The third-order valence-electron chi connectivity index (χ3n) is 5.79. The molecule has 2 aromatic carbocycles. The summed E-state index contributed by atoms with van der Waals surface area (Å²) in [5.41, 5.74) is 6.57. The molecular weight excluding hydrogens is 575 g/mol. The van der Waals surface area contributed by atoms with Crippen LogP contribution in [-0.4, -0.2) is 52.7 Å². The van der Waals surface area contributed by atoms with Crippen molar-refractivity contribution in [2.75, 3.05) is 18.4 Å². The van der Waals surface area contributed by atoms with Crippen LogP contribution in [0.2, 0.25) is 5.15 Å². The van der Waals surface area contributed by atoms with Gasteiger partial charge < -0.3 is 14.6 Å². The van der Waals surface area contributed by atoms with Crippen LogP contribution in [0.1, 0.15) is 23.9 Å². The molecule has 0 amide bonds. The number of phenols is 1. The normalized spacial score (nSPS) is 12.8. The number of fused-ring (bicyclic) bond motifs is 1. The fourth-order valence-electron chi connectivity index (χ4n) is 4.03. The van der Waals surface area contributed by atoms with E-state index in [1.807, 2.05) is 0 Å². The molecule has 14 heteroatoms. The quantitative estimate of drug-likeness (QED) is 0.280. The van der Waals surface area contributed by atoms with Crippen LogP contribution in [0.5, 0.6) is 11.5 Å². The van der Waals surface area contributed by atoms with Gasteiger partial charge in [0.25, 0.3) is 0 Å². The largest absolute Gasteiger partial charge is 0.506 e. The Morgan fingerprint density at radius 2 is 2.00 bits per heavy atom. The van der Waals surface area contributed by atoms with E-state index in [1.54, 1.807) is 32.0 Å². The van der Waals surface area contributed by atoms with E-state index in [-0.39, 0.29) is 62.4 Å². The summed E-state index contributed by atoms with van der Waals surface area (Å²) in [7, 11) is -2.78. The Hall–Kier alpha value is -4.67. The van der Waals surface area contributed by atoms with Gasteiger partial charge in [0.1, 0.15) is 23.0 Å². The molecule has 0 aliphatic carbocycles. The highest BCUT2D eigenvalue weighted by atomic mass is 35.5. The van der Waals surface area contributed by atoms with Crippen molar-refractivity contribution >= 4 is 50.3 Å². The molecular formula is C27H22ClFN6O5S. The van der Waals surface area contributed by atoms with Crippen molar-refractivity contribution in [1.82, 2.24) is 19.5 Å². The number of para-hydroxylation sites is 1. The molecule has 2 N–H and O–H groups in total.